The van der Waals surface area contributed by atoms with Crippen molar-refractivity contribution < 1.29 is 18.7 Å². The van der Waals surface area contributed by atoms with E-state index >= 15 is 0 Å². The first kappa shape index (κ1) is 17.9. The minimum Gasteiger partial charge on any atom is -0.386 e. The molecule has 2 unspecified atom stereocenters. The normalized spacial score (nSPS) is 13.2. The van der Waals surface area contributed by atoms with Crippen LogP contribution in [0, 0.1) is 18.6 Å². The van der Waals surface area contributed by atoms with Gasteiger partial charge in [-0.1, -0.05) is 30.3 Å². The Labute approximate surface area is 139 Å². The third-order valence-electron chi connectivity index (χ3n) is 3.82. The number of amides is 2. The summed E-state index contributed by atoms with van der Waals surface area (Å²) in [5.74, 6) is -2.02. The highest BCUT2D eigenvalue weighted by Gasteiger charge is 2.19. The predicted octanol–water partition coefficient (Wildman–Crippen LogP) is 3.19. The number of nitrogens with one attached hydrogen (secondary N) is 2. The molecule has 0 saturated heterocycles. The van der Waals surface area contributed by atoms with Gasteiger partial charge in [-0.3, -0.25) is 0 Å². The summed E-state index contributed by atoms with van der Waals surface area (Å²) in [4.78, 5) is 11.9. The van der Waals surface area contributed by atoms with Gasteiger partial charge in [0.05, 0.1) is 12.1 Å². The number of hydrogen-bond donors (Lipinski definition) is 3. The van der Waals surface area contributed by atoms with Crippen molar-refractivity contribution in [3.8, 4) is 0 Å². The van der Waals surface area contributed by atoms with Gasteiger partial charge in [0.25, 0.3) is 0 Å². The van der Waals surface area contributed by atoms with Crippen LogP contribution in [0.1, 0.15) is 29.7 Å². The van der Waals surface area contributed by atoms with Crippen molar-refractivity contribution in [1.82, 2.24) is 10.6 Å². The van der Waals surface area contributed by atoms with Crippen LogP contribution in [0.15, 0.2) is 42.5 Å². The smallest absolute Gasteiger partial charge is 0.315 e. The third kappa shape index (κ3) is 4.52. The van der Waals surface area contributed by atoms with E-state index in [1.807, 2.05) is 31.2 Å². The highest BCUT2D eigenvalue weighted by molar-refractivity contribution is 5.74. The molecule has 0 aliphatic rings. The van der Waals surface area contributed by atoms with E-state index in [2.05, 4.69) is 10.6 Å². The fraction of sp³-hybridized carbons (Fsp3) is 0.278. The summed E-state index contributed by atoms with van der Waals surface area (Å²) >= 11 is 0. The zero-order valence-electron chi connectivity index (χ0n) is 13.5. The van der Waals surface area contributed by atoms with Crippen molar-refractivity contribution in [1.29, 1.82) is 0 Å². The average Bonchev–Trinajstić information content (AvgIpc) is 2.56. The molecule has 2 amide bonds. The topological polar surface area (TPSA) is 61.4 Å². The largest absolute Gasteiger partial charge is 0.386 e. The molecule has 4 nitrogen and oxygen atoms in total. The van der Waals surface area contributed by atoms with E-state index in [4.69, 9.17) is 0 Å². The van der Waals surface area contributed by atoms with Crippen molar-refractivity contribution in [2.24, 2.45) is 0 Å². The van der Waals surface area contributed by atoms with Gasteiger partial charge in [-0.2, -0.15) is 0 Å². The fourth-order valence-corrected chi connectivity index (χ4v) is 2.31. The number of halogens is 2. The molecule has 0 saturated carbocycles. The number of rotatable bonds is 5. The highest BCUT2D eigenvalue weighted by atomic mass is 19.2. The second-order valence-corrected chi connectivity index (χ2v) is 5.66. The number of aliphatic hydroxyl groups is 1. The number of aliphatic hydroxyl groups excluding tert-OH is 1. The van der Waals surface area contributed by atoms with Crippen LogP contribution in [0.3, 0.4) is 0 Å². The SMILES string of the molecule is Cc1ccccc1CNC(=O)NC(C)C(O)c1ccc(F)c(F)c1. The van der Waals surface area contributed by atoms with Gasteiger partial charge in [0.1, 0.15) is 0 Å². The number of carbonyl (C=O) groups is 1. The Balaban J connectivity index is 1.90. The molecule has 3 N–H and O–H groups in total. The molecule has 0 aliphatic heterocycles. The monoisotopic (exact) mass is 334 g/mol. The lowest BCUT2D eigenvalue weighted by Crippen LogP contribution is -2.43. The van der Waals surface area contributed by atoms with Gasteiger partial charge in [-0.05, 0) is 42.7 Å². The number of aryl methyl sites for hydroxylation is 1. The van der Waals surface area contributed by atoms with Gasteiger partial charge in [0.2, 0.25) is 0 Å². The Hall–Kier alpha value is -2.47. The summed E-state index contributed by atoms with van der Waals surface area (Å²) in [7, 11) is 0. The zero-order chi connectivity index (χ0) is 17.7. The standard InChI is InChI=1S/C18H20F2N2O2/c1-11-5-3-4-6-14(11)10-21-18(24)22-12(2)17(23)13-7-8-15(19)16(20)9-13/h3-9,12,17,23H,10H2,1-2H3,(H2,21,22,24). The van der Waals surface area contributed by atoms with Crippen molar-refractivity contribution in [2.45, 2.75) is 32.5 Å². The van der Waals surface area contributed by atoms with Gasteiger partial charge in [-0.25, -0.2) is 13.6 Å². The molecule has 24 heavy (non-hydrogen) atoms. The Kier molecular flexibility index (Phi) is 5.87. The van der Waals surface area contributed by atoms with Crippen LogP contribution in [-0.2, 0) is 6.54 Å². The molecular formula is C18H20F2N2O2. The lowest BCUT2D eigenvalue weighted by atomic mass is 10.0. The lowest BCUT2D eigenvalue weighted by molar-refractivity contribution is 0.137. The maximum absolute atomic E-state index is 13.2. The molecule has 6 heteroatoms. The Morgan fingerprint density at radius 1 is 1.17 bits per heavy atom. The van der Waals surface area contributed by atoms with Gasteiger partial charge in [0, 0.05) is 6.54 Å². The van der Waals surface area contributed by atoms with Crippen molar-refractivity contribution >= 4 is 6.03 Å². The quantitative estimate of drug-likeness (QED) is 0.786. The van der Waals surface area contributed by atoms with Crippen molar-refractivity contribution in [3.63, 3.8) is 0 Å². The Morgan fingerprint density at radius 3 is 2.54 bits per heavy atom. The molecule has 2 aromatic carbocycles. The van der Waals surface area contributed by atoms with Gasteiger partial charge in [-0.15, -0.1) is 0 Å². The van der Waals surface area contributed by atoms with Crippen LogP contribution < -0.4 is 10.6 Å². The number of urea groups is 1. The maximum atomic E-state index is 13.2. The number of benzene rings is 2. The summed E-state index contributed by atoms with van der Waals surface area (Å²) in [6.07, 6.45) is -1.15. The van der Waals surface area contributed by atoms with E-state index in [1.54, 1.807) is 6.92 Å². The zero-order valence-corrected chi connectivity index (χ0v) is 13.5. The predicted molar refractivity (Wildman–Crippen MR) is 87.3 cm³/mol. The van der Waals surface area contributed by atoms with Crippen molar-refractivity contribution in [3.05, 3.63) is 70.8 Å². The number of hydrogen-bond acceptors (Lipinski definition) is 2. The molecular weight excluding hydrogens is 314 g/mol. The minimum atomic E-state index is -1.15. The molecule has 0 radical (unpaired) electrons. The van der Waals surface area contributed by atoms with Crippen LogP contribution in [0.25, 0.3) is 0 Å². The minimum absolute atomic E-state index is 0.195. The first-order valence-corrected chi connectivity index (χ1v) is 7.60. The highest BCUT2D eigenvalue weighted by Crippen LogP contribution is 2.19. The van der Waals surface area contributed by atoms with Crippen LogP contribution in [0.4, 0.5) is 13.6 Å². The molecule has 128 valence electrons. The van der Waals surface area contributed by atoms with E-state index < -0.39 is 29.8 Å². The summed E-state index contributed by atoms with van der Waals surface area (Å²) < 4.78 is 26.2. The van der Waals surface area contributed by atoms with Crippen LogP contribution in [0.2, 0.25) is 0 Å². The van der Waals surface area contributed by atoms with Crippen LogP contribution >= 0.6 is 0 Å². The van der Waals surface area contributed by atoms with Gasteiger partial charge < -0.3 is 15.7 Å². The molecule has 0 aliphatic carbocycles. The first-order valence-electron chi connectivity index (χ1n) is 7.60. The van der Waals surface area contributed by atoms with E-state index in [-0.39, 0.29) is 5.56 Å². The summed E-state index contributed by atoms with van der Waals surface area (Å²) in [6, 6.07) is 9.68. The van der Waals surface area contributed by atoms with E-state index in [0.29, 0.717) is 6.54 Å². The fourth-order valence-electron chi connectivity index (χ4n) is 2.31. The second kappa shape index (κ2) is 7.88. The van der Waals surface area contributed by atoms with Crippen LogP contribution in [-0.4, -0.2) is 17.2 Å². The molecule has 0 fully saturated rings. The summed E-state index contributed by atoms with van der Waals surface area (Å²) in [5.41, 5.74) is 2.25. The second-order valence-electron chi connectivity index (χ2n) is 5.66. The molecule has 2 aromatic rings. The maximum Gasteiger partial charge on any atom is 0.315 e. The molecule has 0 aromatic heterocycles. The third-order valence-corrected chi connectivity index (χ3v) is 3.82. The molecule has 2 rings (SSSR count). The van der Waals surface area contributed by atoms with E-state index in [9.17, 15) is 18.7 Å². The van der Waals surface area contributed by atoms with E-state index in [1.165, 1.54) is 6.07 Å². The average molecular weight is 334 g/mol. The molecule has 0 bridgehead atoms. The van der Waals surface area contributed by atoms with Crippen molar-refractivity contribution in [2.75, 3.05) is 0 Å². The molecule has 0 spiro atoms. The van der Waals surface area contributed by atoms with Gasteiger partial charge in [0.15, 0.2) is 11.6 Å². The first-order chi connectivity index (χ1) is 11.4. The summed E-state index contributed by atoms with van der Waals surface area (Å²) in [5, 5.41) is 15.4. The van der Waals surface area contributed by atoms with Crippen LogP contribution in [0.5, 0.6) is 0 Å². The molecule has 0 heterocycles. The Bertz CT molecular complexity index is 722. The summed E-state index contributed by atoms with van der Waals surface area (Å²) in [6.45, 7) is 3.89. The van der Waals surface area contributed by atoms with Gasteiger partial charge >= 0.3 is 6.03 Å². The number of carbonyl (C=O) groups excluding carboxylic acids is 1. The molecule has 2 atom stereocenters. The van der Waals surface area contributed by atoms with E-state index in [0.717, 1.165) is 23.3 Å². The lowest BCUT2D eigenvalue weighted by Gasteiger charge is -2.21. The Morgan fingerprint density at radius 2 is 1.88 bits per heavy atom.